The van der Waals surface area contributed by atoms with Crippen LogP contribution in [0.15, 0.2) is 40.2 Å². The van der Waals surface area contributed by atoms with Crippen LogP contribution >= 0.6 is 0 Å². The molecule has 0 fully saturated rings. The number of benzene rings is 1. The molecule has 2 N–H and O–H groups in total. The Kier molecular flexibility index (Phi) is 5.41. The SMILES string of the molecule is CCCOc1ccc(/C=N\n2c(N)cc(C)cc2=O)cc1OC. The van der Waals surface area contributed by atoms with Crippen molar-refractivity contribution in [3.63, 3.8) is 0 Å². The van der Waals surface area contributed by atoms with E-state index < -0.39 is 0 Å². The van der Waals surface area contributed by atoms with E-state index in [1.165, 1.54) is 6.07 Å². The van der Waals surface area contributed by atoms with Gasteiger partial charge in [0.15, 0.2) is 11.5 Å². The van der Waals surface area contributed by atoms with Crippen molar-refractivity contribution in [1.29, 1.82) is 0 Å². The minimum Gasteiger partial charge on any atom is -0.493 e. The van der Waals surface area contributed by atoms with Crippen LogP contribution in [0.3, 0.4) is 0 Å². The average Bonchev–Trinajstić information content (AvgIpc) is 2.52. The van der Waals surface area contributed by atoms with Crippen molar-refractivity contribution in [2.75, 3.05) is 19.5 Å². The average molecular weight is 315 g/mol. The summed E-state index contributed by atoms with van der Waals surface area (Å²) in [4.78, 5) is 11.9. The summed E-state index contributed by atoms with van der Waals surface area (Å²) in [6, 6.07) is 8.63. The van der Waals surface area contributed by atoms with E-state index in [0.717, 1.165) is 22.2 Å². The molecule has 0 amide bonds. The highest BCUT2D eigenvalue weighted by Gasteiger charge is 2.05. The summed E-state index contributed by atoms with van der Waals surface area (Å²) in [5.74, 6) is 1.59. The van der Waals surface area contributed by atoms with Gasteiger partial charge in [-0.2, -0.15) is 9.78 Å². The van der Waals surface area contributed by atoms with Crippen molar-refractivity contribution in [2.45, 2.75) is 20.3 Å². The summed E-state index contributed by atoms with van der Waals surface area (Å²) in [5.41, 5.74) is 7.14. The molecule has 23 heavy (non-hydrogen) atoms. The molecule has 0 saturated carbocycles. The Bertz CT molecular complexity index is 766. The molecule has 0 aliphatic carbocycles. The van der Waals surface area contributed by atoms with Crippen molar-refractivity contribution in [2.24, 2.45) is 5.10 Å². The third-order valence-electron chi connectivity index (χ3n) is 3.15. The van der Waals surface area contributed by atoms with Gasteiger partial charge < -0.3 is 15.2 Å². The third kappa shape index (κ3) is 4.12. The molecule has 6 heteroatoms. The summed E-state index contributed by atoms with van der Waals surface area (Å²) in [5, 5.41) is 4.14. The summed E-state index contributed by atoms with van der Waals surface area (Å²) >= 11 is 0. The standard InChI is InChI=1S/C17H21N3O3/c1-4-7-23-14-6-5-13(10-15(14)22-3)11-19-20-16(18)8-12(2)9-17(20)21/h5-6,8-11H,4,7,18H2,1-3H3/b19-11-. The zero-order valence-electron chi connectivity index (χ0n) is 13.6. The summed E-state index contributed by atoms with van der Waals surface area (Å²) in [7, 11) is 1.58. The first-order chi connectivity index (χ1) is 11.0. The maximum atomic E-state index is 11.9. The Morgan fingerprint density at radius 3 is 2.70 bits per heavy atom. The van der Waals surface area contributed by atoms with E-state index in [1.54, 1.807) is 25.5 Å². The van der Waals surface area contributed by atoms with Gasteiger partial charge in [-0.05, 0) is 48.7 Å². The quantitative estimate of drug-likeness (QED) is 0.830. The first-order valence-electron chi connectivity index (χ1n) is 7.39. The Balaban J connectivity index is 2.28. The van der Waals surface area contributed by atoms with Gasteiger partial charge in [0.25, 0.3) is 5.56 Å². The van der Waals surface area contributed by atoms with Gasteiger partial charge in [-0.1, -0.05) is 6.92 Å². The molecule has 1 aromatic heterocycles. The normalized spacial score (nSPS) is 10.9. The second kappa shape index (κ2) is 7.49. The van der Waals surface area contributed by atoms with Gasteiger partial charge in [-0.25, -0.2) is 0 Å². The number of rotatable bonds is 6. The molecule has 122 valence electrons. The molecule has 0 spiro atoms. The minimum atomic E-state index is -0.270. The summed E-state index contributed by atoms with van der Waals surface area (Å²) in [6.45, 7) is 4.47. The van der Waals surface area contributed by atoms with Crippen molar-refractivity contribution in [3.8, 4) is 11.5 Å². The first-order valence-corrected chi connectivity index (χ1v) is 7.39. The van der Waals surface area contributed by atoms with Gasteiger partial charge >= 0.3 is 0 Å². The third-order valence-corrected chi connectivity index (χ3v) is 3.15. The van der Waals surface area contributed by atoms with Crippen molar-refractivity contribution < 1.29 is 9.47 Å². The highest BCUT2D eigenvalue weighted by Crippen LogP contribution is 2.27. The zero-order valence-corrected chi connectivity index (χ0v) is 13.6. The lowest BCUT2D eigenvalue weighted by Crippen LogP contribution is -2.19. The number of nitrogen functional groups attached to an aromatic ring is 1. The van der Waals surface area contributed by atoms with Crippen LogP contribution in [0.2, 0.25) is 0 Å². The number of nitrogens with two attached hydrogens (primary N) is 1. The van der Waals surface area contributed by atoms with Crippen LogP contribution in [-0.4, -0.2) is 24.6 Å². The molecule has 0 aliphatic rings. The number of nitrogens with zero attached hydrogens (tertiary/aromatic N) is 2. The van der Waals surface area contributed by atoms with Crippen LogP contribution in [-0.2, 0) is 0 Å². The molecule has 0 atom stereocenters. The van der Waals surface area contributed by atoms with Crippen molar-refractivity contribution >= 4 is 12.0 Å². The van der Waals surface area contributed by atoms with Gasteiger partial charge in [0, 0.05) is 6.07 Å². The van der Waals surface area contributed by atoms with Crippen LogP contribution in [0.25, 0.3) is 0 Å². The monoisotopic (exact) mass is 315 g/mol. The lowest BCUT2D eigenvalue weighted by Gasteiger charge is -2.10. The lowest BCUT2D eigenvalue weighted by atomic mass is 10.2. The zero-order chi connectivity index (χ0) is 16.8. The maximum Gasteiger partial charge on any atom is 0.273 e. The fourth-order valence-corrected chi connectivity index (χ4v) is 2.06. The van der Waals surface area contributed by atoms with Crippen molar-refractivity contribution in [1.82, 2.24) is 4.68 Å². The Morgan fingerprint density at radius 2 is 2.04 bits per heavy atom. The molecule has 0 radical (unpaired) electrons. The van der Waals surface area contributed by atoms with Crippen LogP contribution < -0.4 is 20.8 Å². The second-order valence-electron chi connectivity index (χ2n) is 5.11. The molecule has 1 aromatic carbocycles. The predicted octanol–water partition coefficient (Wildman–Crippen LogP) is 2.42. The van der Waals surface area contributed by atoms with E-state index in [9.17, 15) is 4.79 Å². The van der Waals surface area contributed by atoms with Crippen LogP contribution in [0.1, 0.15) is 24.5 Å². The fraction of sp³-hybridized carbons (Fsp3) is 0.294. The van der Waals surface area contributed by atoms with Gasteiger partial charge in [-0.3, -0.25) is 4.79 Å². The molecule has 0 unspecified atom stereocenters. The molecule has 6 nitrogen and oxygen atoms in total. The van der Waals surface area contributed by atoms with E-state index >= 15 is 0 Å². The number of aryl methyl sites for hydroxylation is 1. The van der Waals surface area contributed by atoms with Crippen molar-refractivity contribution in [3.05, 3.63) is 51.8 Å². The number of hydrogen-bond acceptors (Lipinski definition) is 5. The van der Waals surface area contributed by atoms with Gasteiger partial charge in [-0.15, -0.1) is 0 Å². The Labute approximate surface area is 135 Å². The number of hydrogen-bond donors (Lipinski definition) is 1. The highest BCUT2D eigenvalue weighted by atomic mass is 16.5. The highest BCUT2D eigenvalue weighted by molar-refractivity contribution is 5.81. The van der Waals surface area contributed by atoms with Gasteiger partial charge in [0.2, 0.25) is 0 Å². The second-order valence-corrected chi connectivity index (χ2v) is 5.11. The molecular weight excluding hydrogens is 294 g/mol. The van der Waals surface area contributed by atoms with Gasteiger partial charge in [0.05, 0.1) is 19.9 Å². The first kappa shape index (κ1) is 16.6. The lowest BCUT2D eigenvalue weighted by molar-refractivity contribution is 0.294. The molecular formula is C17H21N3O3. The molecule has 1 heterocycles. The van der Waals surface area contributed by atoms with Crippen LogP contribution in [0, 0.1) is 6.92 Å². The largest absolute Gasteiger partial charge is 0.493 e. The summed E-state index contributed by atoms with van der Waals surface area (Å²) in [6.07, 6.45) is 2.47. The molecule has 0 saturated heterocycles. The number of methoxy groups -OCH3 is 1. The fourth-order valence-electron chi connectivity index (χ4n) is 2.06. The number of pyridine rings is 1. The molecule has 0 bridgehead atoms. The van der Waals surface area contributed by atoms with E-state index in [0.29, 0.717) is 23.9 Å². The van der Waals surface area contributed by atoms with E-state index in [1.807, 2.05) is 26.0 Å². The number of aromatic nitrogens is 1. The Morgan fingerprint density at radius 1 is 1.26 bits per heavy atom. The molecule has 2 aromatic rings. The van der Waals surface area contributed by atoms with E-state index in [2.05, 4.69) is 5.10 Å². The number of anilines is 1. The van der Waals surface area contributed by atoms with Crippen LogP contribution in [0.4, 0.5) is 5.82 Å². The minimum absolute atomic E-state index is 0.270. The van der Waals surface area contributed by atoms with E-state index in [4.69, 9.17) is 15.2 Å². The number of ether oxygens (including phenoxy) is 2. The maximum absolute atomic E-state index is 11.9. The molecule has 2 rings (SSSR count). The summed E-state index contributed by atoms with van der Waals surface area (Å²) < 4.78 is 12.1. The van der Waals surface area contributed by atoms with Crippen LogP contribution in [0.5, 0.6) is 11.5 Å². The van der Waals surface area contributed by atoms with E-state index in [-0.39, 0.29) is 5.56 Å². The predicted molar refractivity (Wildman–Crippen MR) is 91.6 cm³/mol. The van der Waals surface area contributed by atoms with Gasteiger partial charge in [0.1, 0.15) is 5.82 Å². The smallest absolute Gasteiger partial charge is 0.273 e. The Hall–Kier alpha value is -2.76. The topological polar surface area (TPSA) is 78.8 Å². The molecule has 0 aliphatic heterocycles.